The Balaban J connectivity index is 0.860. The van der Waals surface area contributed by atoms with Crippen LogP contribution in [0.1, 0.15) is 58.5 Å². The van der Waals surface area contributed by atoms with Crippen molar-refractivity contribution in [2.24, 2.45) is 17.8 Å². The topological polar surface area (TPSA) is 9.86 Å². The standard InChI is InChI=1S/C66H48N2/c1-2-16-43-36-48(32-28-41(43)14-1)68-62-27-12-10-24-54(62)59-39-45(31-35-64(59)68)44-30-34-63-58(38-44)53-23-9-11-26-61(53)67(63)47-18-13-17-46(37-47)57-40-60-52-22-6-5-20-50(52)51-21-7-8-25-55(51)66(60)65-49-19-4-3-15-42(49)29-33-56(57)65/h1-31,33-35,37-40,43,48,51,55,65-66H,32,36H2/t43?,48?,51-,55?,65?,66+/m0/s1. The Bertz CT molecular complexity index is 3900. The largest absolute Gasteiger partial charge is 0.337 e. The molecule has 2 heteroatoms. The van der Waals surface area contributed by atoms with E-state index in [0.29, 0.717) is 29.7 Å². The van der Waals surface area contributed by atoms with E-state index >= 15 is 0 Å². The van der Waals surface area contributed by atoms with Crippen LogP contribution in [0.4, 0.5) is 0 Å². The zero-order chi connectivity index (χ0) is 44.5. The lowest BCUT2D eigenvalue weighted by Crippen LogP contribution is -2.35. The van der Waals surface area contributed by atoms with E-state index in [1.165, 1.54) is 111 Å². The highest BCUT2D eigenvalue weighted by atomic mass is 15.0. The molecule has 0 N–H and O–H groups in total. The third kappa shape index (κ3) is 5.58. The summed E-state index contributed by atoms with van der Waals surface area (Å²) in [7, 11) is 0. The molecule has 15 rings (SSSR count). The van der Waals surface area contributed by atoms with Crippen molar-refractivity contribution >= 4 is 60.8 Å². The van der Waals surface area contributed by atoms with Gasteiger partial charge in [-0.25, -0.2) is 0 Å². The molecule has 0 radical (unpaired) electrons. The second kappa shape index (κ2) is 14.8. The van der Waals surface area contributed by atoms with Gasteiger partial charge in [0, 0.05) is 68.0 Å². The fraction of sp³-hybridized carbons (Fsp3) is 0.121. The molecule has 9 aromatic rings. The number of allylic oxidation sites excluding steroid dienone is 15. The number of rotatable bonds is 4. The maximum atomic E-state index is 2.64. The van der Waals surface area contributed by atoms with Crippen LogP contribution in [0.5, 0.6) is 0 Å². The molecule has 0 amide bonds. The summed E-state index contributed by atoms with van der Waals surface area (Å²) >= 11 is 0. The molecule has 6 aliphatic rings. The predicted molar refractivity (Wildman–Crippen MR) is 285 cm³/mol. The summed E-state index contributed by atoms with van der Waals surface area (Å²) < 4.78 is 5.12. The summed E-state index contributed by atoms with van der Waals surface area (Å²) in [5.74, 6) is 1.82. The average molecular weight is 869 g/mol. The highest BCUT2D eigenvalue weighted by Crippen LogP contribution is 2.60. The van der Waals surface area contributed by atoms with Crippen LogP contribution >= 0.6 is 0 Å². The van der Waals surface area contributed by atoms with Crippen LogP contribution in [0.25, 0.3) is 77.6 Å². The zero-order valence-electron chi connectivity index (χ0n) is 37.7. The maximum Gasteiger partial charge on any atom is 0.0541 e. The minimum absolute atomic E-state index is 0.249. The number of para-hydroxylation sites is 2. The van der Waals surface area contributed by atoms with Crippen molar-refractivity contribution in [3.63, 3.8) is 0 Å². The van der Waals surface area contributed by atoms with E-state index in [0.717, 1.165) is 12.8 Å². The summed E-state index contributed by atoms with van der Waals surface area (Å²) in [6.07, 6.45) is 30.5. The SMILES string of the molecule is C1=CC2=CCC(n3c4ccccc4c4cc(-c5ccc6c(c5)c5ccccc5n6-c5cccc(C6=C7C=Cc8ccccc8C7[C@H]7C(=C6)c6ccccc6[C@@H]6C=CC=CC76)c5)ccc43)CC2C=C1. The Hall–Kier alpha value is -7.94. The molecule has 2 aromatic heterocycles. The predicted octanol–water partition coefficient (Wildman–Crippen LogP) is 16.7. The van der Waals surface area contributed by atoms with Gasteiger partial charge in [0.05, 0.1) is 11.0 Å². The van der Waals surface area contributed by atoms with E-state index in [4.69, 9.17) is 0 Å². The molecule has 0 saturated carbocycles. The van der Waals surface area contributed by atoms with Crippen LogP contribution in [-0.4, -0.2) is 9.13 Å². The molecule has 6 aliphatic carbocycles. The van der Waals surface area contributed by atoms with Gasteiger partial charge in [0.25, 0.3) is 0 Å². The summed E-state index contributed by atoms with van der Waals surface area (Å²) in [5, 5.41) is 5.19. The third-order valence-corrected chi connectivity index (χ3v) is 16.5. The number of fused-ring (bicyclic) bond motifs is 17. The molecule has 4 unspecified atom stereocenters. The van der Waals surface area contributed by atoms with Gasteiger partial charge in [0.2, 0.25) is 0 Å². The van der Waals surface area contributed by atoms with Crippen molar-refractivity contribution in [1.82, 2.24) is 9.13 Å². The molecule has 68 heavy (non-hydrogen) atoms. The molecule has 2 heterocycles. The second-order valence-corrected chi connectivity index (χ2v) is 19.8. The Morgan fingerprint density at radius 3 is 2.10 bits per heavy atom. The molecule has 0 bridgehead atoms. The van der Waals surface area contributed by atoms with Crippen molar-refractivity contribution in [3.8, 4) is 16.8 Å². The summed E-state index contributed by atoms with van der Waals surface area (Å²) in [6, 6.07) is 60.4. The molecular formula is C66H48N2. The van der Waals surface area contributed by atoms with Crippen molar-refractivity contribution in [2.45, 2.75) is 30.7 Å². The lowest BCUT2D eigenvalue weighted by molar-refractivity contribution is 0.392. The molecular weight excluding hydrogens is 821 g/mol. The molecule has 0 fully saturated rings. The summed E-state index contributed by atoms with van der Waals surface area (Å²) in [5.41, 5.74) is 21.3. The van der Waals surface area contributed by atoms with E-state index in [2.05, 4.69) is 240 Å². The summed E-state index contributed by atoms with van der Waals surface area (Å²) in [4.78, 5) is 0. The first-order chi connectivity index (χ1) is 33.7. The van der Waals surface area contributed by atoms with E-state index in [1.54, 1.807) is 0 Å². The first kappa shape index (κ1) is 38.2. The van der Waals surface area contributed by atoms with E-state index < -0.39 is 0 Å². The highest BCUT2D eigenvalue weighted by Gasteiger charge is 2.46. The zero-order valence-corrected chi connectivity index (χ0v) is 37.7. The first-order valence-electron chi connectivity index (χ1n) is 24.6. The molecule has 2 nitrogen and oxygen atoms in total. The number of hydrogen-bond acceptors (Lipinski definition) is 0. The van der Waals surface area contributed by atoms with Crippen molar-refractivity contribution in [2.75, 3.05) is 0 Å². The number of hydrogen-bond donors (Lipinski definition) is 0. The lowest BCUT2D eigenvalue weighted by atomic mass is 9.55. The fourth-order valence-corrected chi connectivity index (χ4v) is 13.5. The van der Waals surface area contributed by atoms with Crippen LogP contribution < -0.4 is 0 Å². The van der Waals surface area contributed by atoms with Crippen LogP contribution in [0.3, 0.4) is 0 Å². The maximum absolute atomic E-state index is 2.64. The molecule has 322 valence electrons. The quantitative estimate of drug-likeness (QED) is 0.167. The molecule has 0 aliphatic heterocycles. The van der Waals surface area contributed by atoms with Gasteiger partial charge in [0.15, 0.2) is 0 Å². The van der Waals surface area contributed by atoms with Gasteiger partial charge >= 0.3 is 0 Å². The van der Waals surface area contributed by atoms with Crippen molar-refractivity contribution in [1.29, 1.82) is 0 Å². The lowest BCUT2D eigenvalue weighted by Gasteiger charge is -2.47. The van der Waals surface area contributed by atoms with Gasteiger partial charge in [-0.15, -0.1) is 0 Å². The normalized spacial score (nSPS) is 23.0. The van der Waals surface area contributed by atoms with Crippen LogP contribution in [-0.2, 0) is 0 Å². The van der Waals surface area contributed by atoms with Gasteiger partial charge in [-0.1, -0.05) is 176 Å². The first-order valence-corrected chi connectivity index (χ1v) is 24.6. The van der Waals surface area contributed by atoms with Crippen molar-refractivity contribution in [3.05, 3.63) is 264 Å². The molecule has 0 saturated heterocycles. The Kier molecular flexibility index (Phi) is 8.30. The monoisotopic (exact) mass is 868 g/mol. The van der Waals surface area contributed by atoms with Gasteiger partial charge in [-0.3, -0.25) is 0 Å². The van der Waals surface area contributed by atoms with E-state index in [1.807, 2.05) is 0 Å². The van der Waals surface area contributed by atoms with Gasteiger partial charge in [0.1, 0.15) is 0 Å². The number of nitrogens with zero attached hydrogens (tertiary/aromatic N) is 2. The van der Waals surface area contributed by atoms with Crippen LogP contribution in [0.15, 0.2) is 236 Å². The number of aromatic nitrogens is 2. The second-order valence-electron chi connectivity index (χ2n) is 19.8. The minimum Gasteiger partial charge on any atom is -0.337 e. The third-order valence-electron chi connectivity index (χ3n) is 16.5. The van der Waals surface area contributed by atoms with Crippen LogP contribution in [0, 0.1) is 17.8 Å². The van der Waals surface area contributed by atoms with E-state index in [9.17, 15) is 0 Å². The Morgan fingerprint density at radius 1 is 0.500 bits per heavy atom. The Morgan fingerprint density at radius 2 is 1.21 bits per heavy atom. The smallest absolute Gasteiger partial charge is 0.0541 e. The fourth-order valence-electron chi connectivity index (χ4n) is 13.5. The Labute approximate surface area is 396 Å². The summed E-state index contributed by atoms with van der Waals surface area (Å²) in [6.45, 7) is 0. The molecule has 6 atom stereocenters. The van der Waals surface area contributed by atoms with Gasteiger partial charge < -0.3 is 9.13 Å². The van der Waals surface area contributed by atoms with Gasteiger partial charge in [-0.2, -0.15) is 0 Å². The number of benzene rings is 7. The minimum atomic E-state index is 0.249. The molecule has 0 spiro atoms. The van der Waals surface area contributed by atoms with Gasteiger partial charge in [-0.05, 0) is 135 Å². The van der Waals surface area contributed by atoms with E-state index in [-0.39, 0.29) is 5.92 Å². The average Bonchev–Trinajstić information content (AvgIpc) is 3.92. The van der Waals surface area contributed by atoms with Crippen molar-refractivity contribution < 1.29 is 0 Å². The molecule has 7 aromatic carbocycles. The van der Waals surface area contributed by atoms with Crippen LogP contribution in [0.2, 0.25) is 0 Å². The highest BCUT2D eigenvalue weighted by molar-refractivity contribution is 6.12.